The third-order valence-corrected chi connectivity index (χ3v) is 3.60. The molecule has 1 aromatic heterocycles. The summed E-state index contributed by atoms with van der Waals surface area (Å²) in [5.74, 6) is 0.656. The maximum atomic E-state index is 12.6. The van der Waals surface area contributed by atoms with E-state index in [0.29, 0.717) is 16.2 Å². The largest absolute Gasteiger partial charge is 0.493 e. The average Bonchev–Trinajstić information content (AvgIpc) is 2.94. The van der Waals surface area contributed by atoms with Crippen LogP contribution < -0.4 is 14.2 Å². The van der Waals surface area contributed by atoms with Crippen LogP contribution in [0.25, 0.3) is 0 Å². The third-order valence-electron chi connectivity index (χ3n) is 3.33. The summed E-state index contributed by atoms with van der Waals surface area (Å²) in [6.45, 7) is 2.93. The summed E-state index contributed by atoms with van der Waals surface area (Å²) in [5, 5.41) is 11.2. The first kappa shape index (κ1) is 19.8. The van der Waals surface area contributed by atoms with Gasteiger partial charge in [-0.2, -0.15) is 23.7 Å². The lowest BCUT2D eigenvalue weighted by Crippen LogP contribution is -2.17. The van der Waals surface area contributed by atoms with Gasteiger partial charge >= 0.3 is 6.61 Å². The second kappa shape index (κ2) is 7.81. The van der Waals surface area contributed by atoms with Crippen molar-refractivity contribution in [1.82, 2.24) is 14.9 Å². The van der Waals surface area contributed by atoms with Crippen LogP contribution in [0.1, 0.15) is 32.2 Å². The molecule has 1 N–H and O–H groups in total. The van der Waals surface area contributed by atoms with Crippen molar-refractivity contribution in [2.24, 2.45) is 5.10 Å². The van der Waals surface area contributed by atoms with Crippen molar-refractivity contribution < 1.29 is 23.0 Å². The molecule has 0 aliphatic carbocycles. The molecule has 1 heterocycles. The average molecular weight is 386 g/mol. The first-order valence-corrected chi connectivity index (χ1v) is 8.01. The van der Waals surface area contributed by atoms with Gasteiger partial charge in [-0.1, -0.05) is 20.8 Å². The Hall–Kier alpha value is -2.49. The van der Waals surface area contributed by atoms with Gasteiger partial charge in [0.2, 0.25) is 10.5 Å². The highest BCUT2D eigenvalue weighted by molar-refractivity contribution is 7.71. The van der Waals surface area contributed by atoms with Gasteiger partial charge in [-0.05, 0) is 24.4 Å². The minimum absolute atomic E-state index is 0.0953. The lowest BCUT2D eigenvalue weighted by atomic mass is 9.96. The Labute approximate surface area is 154 Å². The van der Waals surface area contributed by atoms with Crippen molar-refractivity contribution in [3.8, 4) is 17.2 Å². The molecule has 0 fully saturated rings. The summed E-state index contributed by atoms with van der Waals surface area (Å²) >= 11 is 5.20. The highest BCUT2D eigenvalue weighted by Crippen LogP contribution is 2.39. The molecular weight excluding hydrogens is 366 g/mol. The molecular formula is C16H20F2N4O3S. The fourth-order valence-corrected chi connectivity index (χ4v) is 2.37. The summed E-state index contributed by atoms with van der Waals surface area (Å²) in [6.07, 6.45) is 1.50. The van der Waals surface area contributed by atoms with Gasteiger partial charge in [0.15, 0.2) is 17.3 Å². The van der Waals surface area contributed by atoms with Crippen LogP contribution in [0.2, 0.25) is 0 Å². The Morgan fingerprint density at radius 2 is 1.81 bits per heavy atom. The molecule has 0 radical (unpaired) electrons. The number of ether oxygens (including phenoxy) is 3. The van der Waals surface area contributed by atoms with Crippen LogP contribution in [0.3, 0.4) is 0 Å². The van der Waals surface area contributed by atoms with Crippen LogP contribution in [0.4, 0.5) is 8.78 Å². The molecule has 0 amide bonds. The molecule has 2 rings (SSSR count). The molecule has 10 heteroatoms. The number of methoxy groups -OCH3 is 2. The second-order valence-corrected chi connectivity index (χ2v) is 6.68. The molecule has 26 heavy (non-hydrogen) atoms. The molecule has 142 valence electrons. The maximum absolute atomic E-state index is 12.6. The maximum Gasteiger partial charge on any atom is 0.387 e. The molecule has 1 aromatic carbocycles. The fourth-order valence-electron chi connectivity index (χ4n) is 2.19. The highest BCUT2D eigenvalue weighted by atomic mass is 32.1. The van der Waals surface area contributed by atoms with E-state index in [1.165, 1.54) is 37.2 Å². The van der Waals surface area contributed by atoms with Gasteiger partial charge in [-0.15, -0.1) is 0 Å². The Morgan fingerprint density at radius 3 is 2.27 bits per heavy atom. The van der Waals surface area contributed by atoms with Crippen LogP contribution in [0.15, 0.2) is 17.2 Å². The van der Waals surface area contributed by atoms with Gasteiger partial charge in [-0.3, -0.25) is 5.10 Å². The predicted molar refractivity (Wildman–Crippen MR) is 95.3 cm³/mol. The Balaban J connectivity index is 2.47. The van der Waals surface area contributed by atoms with E-state index < -0.39 is 6.61 Å². The molecule has 0 atom stereocenters. The molecule has 0 saturated heterocycles. The number of nitrogens with zero attached hydrogens (tertiary/aromatic N) is 3. The van der Waals surface area contributed by atoms with E-state index in [-0.39, 0.29) is 22.7 Å². The summed E-state index contributed by atoms with van der Waals surface area (Å²) < 4.78 is 41.8. The van der Waals surface area contributed by atoms with Gasteiger partial charge in [-0.25, -0.2) is 0 Å². The minimum Gasteiger partial charge on any atom is -0.493 e. The number of hydrogen-bond acceptors (Lipinski definition) is 6. The molecule has 0 spiro atoms. The van der Waals surface area contributed by atoms with Gasteiger partial charge in [0, 0.05) is 11.0 Å². The summed E-state index contributed by atoms with van der Waals surface area (Å²) in [7, 11) is 2.69. The van der Waals surface area contributed by atoms with E-state index in [1.807, 2.05) is 20.8 Å². The molecule has 0 bridgehead atoms. The summed E-state index contributed by atoms with van der Waals surface area (Å²) in [5.41, 5.74) is 0.262. The van der Waals surface area contributed by atoms with Crippen molar-refractivity contribution in [2.75, 3.05) is 14.2 Å². The number of benzene rings is 1. The number of aromatic nitrogens is 3. The number of aromatic amines is 1. The third kappa shape index (κ3) is 4.37. The van der Waals surface area contributed by atoms with Gasteiger partial charge in [0.25, 0.3) is 0 Å². The van der Waals surface area contributed by atoms with Crippen LogP contribution in [-0.2, 0) is 5.41 Å². The van der Waals surface area contributed by atoms with Crippen molar-refractivity contribution >= 4 is 18.4 Å². The van der Waals surface area contributed by atoms with E-state index in [4.69, 9.17) is 21.7 Å². The van der Waals surface area contributed by atoms with E-state index in [0.717, 1.165) is 0 Å². The summed E-state index contributed by atoms with van der Waals surface area (Å²) in [6, 6.07) is 3.01. The molecule has 0 aliphatic rings. The fraction of sp³-hybridized carbons (Fsp3) is 0.438. The smallest absolute Gasteiger partial charge is 0.387 e. The normalized spacial score (nSPS) is 12.0. The number of rotatable bonds is 6. The minimum atomic E-state index is -3.00. The van der Waals surface area contributed by atoms with E-state index in [1.54, 1.807) is 0 Å². The summed E-state index contributed by atoms with van der Waals surface area (Å²) in [4.78, 5) is 0. The van der Waals surface area contributed by atoms with Crippen molar-refractivity contribution in [2.45, 2.75) is 32.8 Å². The zero-order chi connectivity index (χ0) is 19.5. The van der Waals surface area contributed by atoms with Crippen molar-refractivity contribution in [1.29, 1.82) is 0 Å². The quantitative estimate of drug-likeness (QED) is 0.605. The standard InChI is InChI=1S/C16H20F2N4O3S/c1-16(2,3)13-20-21-15(26)22(13)19-8-9-6-10(23-4)12(25-14(17)18)11(7-9)24-5/h6-8,14H,1-5H3,(H,21,26)/b19-8-. The van der Waals surface area contributed by atoms with Gasteiger partial charge in [0.05, 0.1) is 20.4 Å². The van der Waals surface area contributed by atoms with Crippen LogP contribution in [0.5, 0.6) is 17.2 Å². The molecule has 2 aromatic rings. The monoisotopic (exact) mass is 386 g/mol. The zero-order valence-corrected chi connectivity index (χ0v) is 15.9. The Kier molecular flexibility index (Phi) is 5.96. The van der Waals surface area contributed by atoms with E-state index >= 15 is 0 Å². The van der Waals surface area contributed by atoms with Crippen molar-refractivity contribution in [3.05, 3.63) is 28.3 Å². The lowest BCUT2D eigenvalue weighted by Gasteiger charge is -2.16. The molecule has 0 aliphatic heterocycles. The Morgan fingerprint density at radius 1 is 1.23 bits per heavy atom. The number of hydrogen-bond donors (Lipinski definition) is 1. The van der Waals surface area contributed by atoms with Crippen molar-refractivity contribution in [3.63, 3.8) is 0 Å². The van der Waals surface area contributed by atoms with Crippen LogP contribution in [0, 0.1) is 4.77 Å². The SMILES string of the molecule is COc1cc(/C=N\n2c(C(C)(C)C)n[nH]c2=S)cc(OC)c1OC(F)F. The first-order chi connectivity index (χ1) is 12.2. The topological polar surface area (TPSA) is 73.7 Å². The number of nitrogens with one attached hydrogen (secondary N) is 1. The number of halogens is 2. The first-order valence-electron chi connectivity index (χ1n) is 7.60. The number of alkyl halides is 2. The molecule has 0 unspecified atom stereocenters. The Bertz CT molecular complexity index is 831. The van der Waals surface area contributed by atoms with Gasteiger partial charge < -0.3 is 14.2 Å². The zero-order valence-electron chi connectivity index (χ0n) is 15.0. The van der Waals surface area contributed by atoms with Crippen LogP contribution in [-0.4, -0.2) is 41.9 Å². The molecule has 0 saturated carbocycles. The van der Waals surface area contributed by atoms with E-state index in [9.17, 15) is 8.78 Å². The van der Waals surface area contributed by atoms with Gasteiger partial charge in [0.1, 0.15) is 0 Å². The second-order valence-electron chi connectivity index (χ2n) is 6.29. The van der Waals surface area contributed by atoms with E-state index in [2.05, 4.69) is 20.0 Å². The number of H-pyrrole nitrogens is 1. The van der Waals surface area contributed by atoms with Crippen LogP contribution >= 0.6 is 12.2 Å². The highest BCUT2D eigenvalue weighted by Gasteiger charge is 2.22. The predicted octanol–water partition coefficient (Wildman–Crippen LogP) is 3.74. The lowest BCUT2D eigenvalue weighted by molar-refractivity contribution is -0.0526. The molecule has 7 nitrogen and oxygen atoms in total.